The van der Waals surface area contributed by atoms with Crippen molar-refractivity contribution >= 4 is 22.9 Å². The lowest BCUT2D eigenvalue weighted by Crippen LogP contribution is -2.54. The number of rotatable bonds is 5. The molecule has 48 heavy (non-hydrogen) atoms. The number of aryl methyl sites for hydroxylation is 2. The van der Waals surface area contributed by atoms with Crippen LogP contribution in [-0.2, 0) is 43.1 Å². The van der Waals surface area contributed by atoms with Crippen LogP contribution >= 0.6 is 0 Å². The number of methoxy groups -OCH3 is 1. The summed E-state index contributed by atoms with van der Waals surface area (Å²) in [7, 11) is 1.53. The van der Waals surface area contributed by atoms with E-state index in [1.807, 2.05) is 20.8 Å². The normalized spacial score (nSPS) is 23.1. The SMILES string of the molecule is COCC(CCO)c1cc2ccc3c(c2oc1=O)C1OC(=O)CCCc2ccc4cc2CC#CCC(C)(O3)C1OC(=O)C(=C(C)C)CC4. The minimum absolute atomic E-state index is 0.129. The standard InChI is InChI=1S/C39H42O9/c1-23(2)29-15-12-24-11-13-25-9-7-10-32(41)45-35-33-31(48-39(3,36(35)47-37(29)42)18-6-5-8-26(25)20-24)16-14-27-21-30(38(43)46-34(27)33)28(17-19-40)22-44-4/h11,13-14,16,20-21,28,35-36,40H,7-10,12,15,17-19,22H2,1-4H3. The number of carbonyl (C=O) groups excluding carboxylic acids is 2. The summed E-state index contributed by atoms with van der Waals surface area (Å²) in [4.78, 5) is 41.2. The fourth-order valence-corrected chi connectivity index (χ4v) is 7.03. The first-order valence-corrected chi connectivity index (χ1v) is 16.6. The van der Waals surface area contributed by atoms with Crippen molar-refractivity contribution < 1.29 is 38.1 Å². The van der Waals surface area contributed by atoms with Gasteiger partial charge in [0, 0.05) is 49.0 Å². The Hall–Kier alpha value is -4.39. The molecule has 0 saturated carbocycles. The van der Waals surface area contributed by atoms with E-state index < -0.39 is 35.4 Å². The molecule has 3 aliphatic rings. The Labute approximate surface area is 280 Å². The van der Waals surface area contributed by atoms with Gasteiger partial charge in [0.25, 0.3) is 0 Å². The fourth-order valence-electron chi connectivity index (χ4n) is 7.03. The molecular weight excluding hydrogens is 612 g/mol. The summed E-state index contributed by atoms with van der Waals surface area (Å²) in [5, 5.41) is 10.2. The molecular formula is C39H42O9. The lowest BCUT2D eigenvalue weighted by Gasteiger charge is -2.44. The molecule has 0 fully saturated rings. The maximum Gasteiger partial charge on any atom is 0.339 e. The number of esters is 2. The molecule has 9 nitrogen and oxygen atoms in total. The van der Waals surface area contributed by atoms with Crippen LogP contribution in [0.15, 0.2) is 56.8 Å². The van der Waals surface area contributed by atoms with E-state index in [4.69, 9.17) is 23.4 Å². The largest absolute Gasteiger partial charge is 0.482 e. The second-order valence-corrected chi connectivity index (χ2v) is 13.3. The van der Waals surface area contributed by atoms with Gasteiger partial charge in [-0.05, 0) is 87.8 Å². The van der Waals surface area contributed by atoms with Crippen molar-refractivity contribution in [2.75, 3.05) is 20.3 Å². The predicted molar refractivity (Wildman–Crippen MR) is 179 cm³/mol. The van der Waals surface area contributed by atoms with E-state index in [-0.39, 0.29) is 37.6 Å². The van der Waals surface area contributed by atoms with Crippen LogP contribution in [0, 0.1) is 11.8 Å². The first-order chi connectivity index (χ1) is 23.1. The molecule has 0 radical (unpaired) electrons. The van der Waals surface area contributed by atoms with Crippen LogP contribution < -0.4 is 10.4 Å². The summed E-state index contributed by atoms with van der Waals surface area (Å²) in [6.07, 6.45) is 1.26. The van der Waals surface area contributed by atoms with Crippen LogP contribution in [0.25, 0.3) is 11.0 Å². The second-order valence-electron chi connectivity index (χ2n) is 13.3. The van der Waals surface area contributed by atoms with Gasteiger partial charge in [0.2, 0.25) is 0 Å². The average molecular weight is 655 g/mol. The van der Waals surface area contributed by atoms with E-state index in [1.165, 1.54) is 7.11 Å². The molecule has 0 spiro atoms. The Kier molecular flexibility index (Phi) is 9.77. The van der Waals surface area contributed by atoms with Crippen LogP contribution in [0.1, 0.15) is 92.7 Å². The van der Waals surface area contributed by atoms with Gasteiger partial charge < -0.3 is 28.5 Å². The van der Waals surface area contributed by atoms with Gasteiger partial charge in [-0.15, -0.1) is 0 Å². The lowest BCUT2D eigenvalue weighted by molar-refractivity contribution is -0.189. The number of aliphatic hydroxyl groups excluding tert-OH is 1. The molecule has 0 saturated heterocycles. The molecule has 9 heteroatoms. The molecule has 4 heterocycles. The van der Waals surface area contributed by atoms with Gasteiger partial charge in [-0.3, -0.25) is 4.79 Å². The summed E-state index contributed by atoms with van der Waals surface area (Å²) < 4.78 is 30.6. The van der Waals surface area contributed by atoms with Crippen LogP contribution in [0.4, 0.5) is 0 Å². The van der Waals surface area contributed by atoms with Crippen molar-refractivity contribution in [3.8, 4) is 17.6 Å². The highest BCUT2D eigenvalue weighted by Gasteiger charge is 2.52. The molecule has 3 aliphatic heterocycles. The van der Waals surface area contributed by atoms with Crippen LogP contribution in [0.2, 0.25) is 0 Å². The van der Waals surface area contributed by atoms with Gasteiger partial charge in [-0.1, -0.05) is 35.6 Å². The average Bonchev–Trinajstić information content (AvgIpc) is 3.04. The number of aliphatic hydroxyl groups is 1. The Balaban J connectivity index is 1.55. The molecule has 0 amide bonds. The molecule has 2 aromatic carbocycles. The van der Waals surface area contributed by atoms with Gasteiger partial charge in [0.05, 0.1) is 18.6 Å². The van der Waals surface area contributed by atoms with E-state index in [1.54, 1.807) is 18.2 Å². The fraction of sp³-hybridized carbons (Fsp3) is 0.462. The zero-order valence-corrected chi connectivity index (χ0v) is 28.0. The Morgan fingerprint density at radius 2 is 1.85 bits per heavy atom. The third-order valence-corrected chi connectivity index (χ3v) is 9.66. The summed E-state index contributed by atoms with van der Waals surface area (Å²) in [6, 6.07) is 11.6. The topological polar surface area (TPSA) is 122 Å². The number of fused-ring (bicyclic) bond motifs is 7. The molecule has 4 unspecified atom stereocenters. The number of ether oxygens (including phenoxy) is 4. The van der Waals surface area contributed by atoms with Gasteiger partial charge in [0.1, 0.15) is 11.3 Å². The van der Waals surface area contributed by atoms with Gasteiger partial charge in [-0.2, -0.15) is 0 Å². The summed E-state index contributed by atoms with van der Waals surface area (Å²) in [6.45, 7) is 5.67. The zero-order valence-electron chi connectivity index (χ0n) is 28.0. The Morgan fingerprint density at radius 1 is 1.02 bits per heavy atom. The monoisotopic (exact) mass is 654 g/mol. The molecule has 4 atom stereocenters. The van der Waals surface area contributed by atoms with Crippen molar-refractivity contribution in [3.05, 3.63) is 85.8 Å². The first kappa shape index (κ1) is 33.5. The van der Waals surface area contributed by atoms with Crippen molar-refractivity contribution in [1.29, 1.82) is 0 Å². The van der Waals surface area contributed by atoms with Crippen molar-refractivity contribution in [2.24, 2.45) is 0 Å². The minimum Gasteiger partial charge on any atom is -0.482 e. The van der Waals surface area contributed by atoms with Crippen LogP contribution in [-0.4, -0.2) is 49.1 Å². The molecule has 3 aromatic rings. The molecule has 252 valence electrons. The van der Waals surface area contributed by atoms with Crippen LogP contribution in [0.3, 0.4) is 0 Å². The summed E-state index contributed by atoms with van der Waals surface area (Å²) >= 11 is 0. The van der Waals surface area contributed by atoms with E-state index in [0.29, 0.717) is 66.4 Å². The van der Waals surface area contributed by atoms with Crippen molar-refractivity contribution in [1.82, 2.24) is 0 Å². The van der Waals surface area contributed by atoms with E-state index in [9.17, 15) is 19.5 Å². The van der Waals surface area contributed by atoms with E-state index in [2.05, 4.69) is 30.0 Å². The van der Waals surface area contributed by atoms with Gasteiger partial charge in [-0.25, -0.2) is 9.59 Å². The maximum atomic E-state index is 14.1. The highest BCUT2D eigenvalue weighted by molar-refractivity contribution is 5.90. The van der Waals surface area contributed by atoms with Crippen molar-refractivity contribution in [2.45, 2.75) is 95.9 Å². The number of benzene rings is 2. The molecule has 1 aromatic heterocycles. The second kappa shape index (κ2) is 14.0. The number of allylic oxidation sites excluding steroid dienone is 1. The molecule has 1 N–H and O–H groups in total. The highest BCUT2D eigenvalue weighted by Crippen LogP contribution is 2.48. The maximum absolute atomic E-state index is 14.1. The van der Waals surface area contributed by atoms with Gasteiger partial charge >= 0.3 is 17.6 Å². The third-order valence-electron chi connectivity index (χ3n) is 9.66. The number of hydrogen-bond acceptors (Lipinski definition) is 9. The van der Waals surface area contributed by atoms with E-state index >= 15 is 0 Å². The van der Waals surface area contributed by atoms with Gasteiger partial charge in [0.15, 0.2) is 17.8 Å². The molecule has 0 aliphatic carbocycles. The Morgan fingerprint density at radius 3 is 2.62 bits per heavy atom. The Bertz CT molecular complexity index is 1880. The van der Waals surface area contributed by atoms with Crippen molar-refractivity contribution in [3.63, 3.8) is 0 Å². The first-order valence-electron chi connectivity index (χ1n) is 16.6. The number of carbonyl (C=O) groups is 2. The summed E-state index contributed by atoms with van der Waals surface area (Å²) in [5.74, 6) is 5.57. The van der Waals surface area contributed by atoms with Crippen LogP contribution in [0.5, 0.6) is 5.75 Å². The third kappa shape index (κ3) is 6.65. The summed E-state index contributed by atoms with van der Waals surface area (Å²) in [5.41, 5.74) is 3.77. The lowest BCUT2D eigenvalue weighted by atomic mass is 9.83. The number of hydrogen-bond donors (Lipinski definition) is 1. The smallest absolute Gasteiger partial charge is 0.339 e. The minimum atomic E-state index is -1.22. The predicted octanol–water partition coefficient (Wildman–Crippen LogP) is 5.81. The molecule has 6 rings (SSSR count). The highest BCUT2D eigenvalue weighted by atomic mass is 16.6. The quantitative estimate of drug-likeness (QED) is 0.157. The zero-order chi connectivity index (χ0) is 34.0. The molecule has 5 bridgehead atoms. The van der Waals surface area contributed by atoms with E-state index in [0.717, 1.165) is 22.3 Å².